The molecular formula is C22H38N2. The van der Waals surface area contributed by atoms with E-state index < -0.39 is 0 Å². The second kappa shape index (κ2) is 7.17. The molecule has 0 N–H and O–H groups in total. The average molecular weight is 331 g/mol. The van der Waals surface area contributed by atoms with Crippen LogP contribution in [-0.2, 0) is 12.8 Å². The van der Waals surface area contributed by atoms with Gasteiger partial charge in [-0.15, -0.1) is 0 Å². The highest BCUT2D eigenvalue weighted by molar-refractivity contribution is 5.31. The zero-order valence-electron chi connectivity index (χ0n) is 17.2. The second-order valence-corrected chi connectivity index (χ2v) is 9.13. The summed E-state index contributed by atoms with van der Waals surface area (Å²) < 4.78 is 0. The van der Waals surface area contributed by atoms with Gasteiger partial charge in [-0.25, -0.2) is 0 Å². The summed E-state index contributed by atoms with van der Waals surface area (Å²) in [6.07, 6.45) is 2.37. The highest BCUT2D eigenvalue weighted by Crippen LogP contribution is 2.34. The number of hydrogen-bond donors (Lipinski definition) is 0. The molecule has 2 atom stereocenters. The first-order chi connectivity index (χ1) is 11.2. The van der Waals surface area contributed by atoms with Crippen LogP contribution in [0.15, 0.2) is 24.3 Å². The molecule has 24 heavy (non-hydrogen) atoms. The summed E-state index contributed by atoms with van der Waals surface area (Å²) in [4.78, 5) is 5.52. The third-order valence-corrected chi connectivity index (χ3v) is 5.45. The number of rotatable bonds is 0. The summed E-state index contributed by atoms with van der Waals surface area (Å²) in [5.41, 5.74) is 3.64. The van der Waals surface area contributed by atoms with Crippen molar-refractivity contribution in [2.75, 3.05) is 13.1 Å². The predicted molar refractivity (Wildman–Crippen MR) is 106 cm³/mol. The standard InChI is InChI=1S/C20H32N2.C2H6/c1-19(2,3)21-13-18-12-16-10-8-7-9-15(16)11-17(21)14-22(18)20(4,5)6;1-2/h7-10,17-18H,11-14H2,1-6H3;1-2H3/t17-,18-;/m0./s1. The van der Waals surface area contributed by atoms with Gasteiger partial charge in [0.2, 0.25) is 0 Å². The van der Waals surface area contributed by atoms with Crippen LogP contribution in [0.1, 0.15) is 66.5 Å². The third-order valence-electron chi connectivity index (χ3n) is 5.45. The molecule has 0 aromatic heterocycles. The largest absolute Gasteiger partial charge is 0.292 e. The highest BCUT2D eigenvalue weighted by Gasteiger charge is 2.43. The number of piperazine rings is 1. The van der Waals surface area contributed by atoms with Gasteiger partial charge in [0.05, 0.1) is 0 Å². The van der Waals surface area contributed by atoms with Crippen molar-refractivity contribution < 1.29 is 0 Å². The zero-order chi connectivity index (χ0) is 18.1. The van der Waals surface area contributed by atoms with Crippen molar-refractivity contribution in [1.29, 1.82) is 0 Å². The van der Waals surface area contributed by atoms with E-state index >= 15 is 0 Å². The lowest BCUT2D eigenvalue weighted by Gasteiger charge is -2.56. The van der Waals surface area contributed by atoms with E-state index in [-0.39, 0.29) is 11.1 Å². The van der Waals surface area contributed by atoms with Crippen molar-refractivity contribution in [2.24, 2.45) is 0 Å². The maximum Gasteiger partial charge on any atom is 0.0269 e. The zero-order valence-corrected chi connectivity index (χ0v) is 17.2. The molecule has 2 heteroatoms. The van der Waals surface area contributed by atoms with E-state index in [1.54, 1.807) is 11.1 Å². The summed E-state index contributed by atoms with van der Waals surface area (Å²) in [7, 11) is 0. The van der Waals surface area contributed by atoms with Gasteiger partial charge in [0, 0.05) is 36.3 Å². The molecule has 3 aliphatic rings. The lowest BCUT2D eigenvalue weighted by atomic mass is 9.83. The van der Waals surface area contributed by atoms with Gasteiger partial charge in [0.25, 0.3) is 0 Å². The topological polar surface area (TPSA) is 6.48 Å². The molecule has 1 aromatic rings. The molecule has 1 aromatic carbocycles. The van der Waals surface area contributed by atoms with E-state index in [1.807, 2.05) is 13.8 Å². The molecule has 0 amide bonds. The van der Waals surface area contributed by atoms with E-state index in [2.05, 4.69) is 75.6 Å². The first kappa shape index (κ1) is 19.5. The van der Waals surface area contributed by atoms with Gasteiger partial charge in [0.1, 0.15) is 0 Å². The Hall–Kier alpha value is -0.860. The molecule has 1 saturated heterocycles. The maximum absolute atomic E-state index is 2.76. The molecule has 3 heterocycles. The summed E-state index contributed by atoms with van der Waals surface area (Å²) in [5.74, 6) is 0. The first-order valence-electron chi connectivity index (χ1n) is 9.76. The summed E-state index contributed by atoms with van der Waals surface area (Å²) in [6, 6.07) is 10.3. The van der Waals surface area contributed by atoms with Crippen LogP contribution in [0.2, 0.25) is 0 Å². The van der Waals surface area contributed by atoms with Crippen LogP contribution < -0.4 is 0 Å². The molecule has 0 unspecified atom stereocenters. The van der Waals surface area contributed by atoms with Gasteiger partial charge in [-0.05, 0) is 65.5 Å². The molecular weight excluding hydrogens is 292 g/mol. The molecule has 2 bridgehead atoms. The van der Waals surface area contributed by atoms with Crippen LogP contribution in [0, 0.1) is 0 Å². The van der Waals surface area contributed by atoms with Crippen molar-refractivity contribution in [3.05, 3.63) is 35.4 Å². The lowest BCUT2D eigenvalue weighted by Crippen LogP contribution is -2.68. The molecule has 4 rings (SSSR count). The van der Waals surface area contributed by atoms with Crippen molar-refractivity contribution in [3.8, 4) is 0 Å². The molecule has 0 spiro atoms. The minimum absolute atomic E-state index is 0.249. The third kappa shape index (κ3) is 4.03. The fourth-order valence-corrected chi connectivity index (χ4v) is 4.41. The van der Waals surface area contributed by atoms with Crippen LogP contribution in [0.25, 0.3) is 0 Å². The Kier molecular flexibility index (Phi) is 5.82. The van der Waals surface area contributed by atoms with Gasteiger partial charge in [-0.3, -0.25) is 9.80 Å². The van der Waals surface area contributed by atoms with Crippen LogP contribution in [0.4, 0.5) is 0 Å². The number of hydrogen-bond acceptors (Lipinski definition) is 2. The smallest absolute Gasteiger partial charge is 0.0269 e. The molecule has 3 aliphatic heterocycles. The number of fused-ring (bicyclic) bond motifs is 2. The van der Waals surface area contributed by atoms with E-state index in [1.165, 1.54) is 25.9 Å². The van der Waals surface area contributed by atoms with Gasteiger partial charge < -0.3 is 0 Å². The Morgan fingerprint density at radius 3 is 1.33 bits per heavy atom. The Morgan fingerprint density at radius 2 is 1.04 bits per heavy atom. The fourth-order valence-electron chi connectivity index (χ4n) is 4.41. The minimum atomic E-state index is 0.249. The molecule has 2 nitrogen and oxygen atoms in total. The summed E-state index contributed by atoms with van der Waals surface area (Å²) in [6.45, 7) is 20.6. The molecule has 0 saturated carbocycles. The Bertz CT molecular complexity index is 487. The SMILES string of the molecule is CC.CC(C)(C)N1C[C@@H]2Cc3ccccc3C[C@H]1CN2C(C)(C)C. The summed E-state index contributed by atoms with van der Waals surface area (Å²) >= 11 is 0. The van der Waals surface area contributed by atoms with Crippen LogP contribution in [0.5, 0.6) is 0 Å². The van der Waals surface area contributed by atoms with Gasteiger partial charge >= 0.3 is 0 Å². The van der Waals surface area contributed by atoms with Crippen molar-refractivity contribution in [1.82, 2.24) is 9.80 Å². The molecule has 1 fully saturated rings. The summed E-state index contributed by atoms with van der Waals surface area (Å²) in [5, 5.41) is 0. The van der Waals surface area contributed by atoms with E-state index in [9.17, 15) is 0 Å². The number of nitrogens with zero attached hydrogens (tertiary/aromatic N) is 2. The molecule has 0 aliphatic carbocycles. The Labute approximate surface area is 150 Å². The van der Waals surface area contributed by atoms with Gasteiger partial charge in [0.15, 0.2) is 0 Å². The van der Waals surface area contributed by atoms with Crippen molar-refractivity contribution in [2.45, 2.75) is 91.4 Å². The quantitative estimate of drug-likeness (QED) is 0.676. The maximum atomic E-state index is 2.76. The Morgan fingerprint density at radius 1 is 0.708 bits per heavy atom. The van der Waals surface area contributed by atoms with Crippen molar-refractivity contribution >= 4 is 0 Å². The van der Waals surface area contributed by atoms with E-state index in [4.69, 9.17) is 0 Å². The van der Waals surface area contributed by atoms with E-state index in [0.717, 1.165) is 0 Å². The van der Waals surface area contributed by atoms with Gasteiger partial charge in [-0.2, -0.15) is 0 Å². The lowest BCUT2D eigenvalue weighted by molar-refractivity contribution is -0.0608. The fraction of sp³-hybridized carbons (Fsp3) is 0.727. The van der Waals surface area contributed by atoms with Crippen molar-refractivity contribution in [3.63, 3.8) is 0 Å². The predicted octanol–water partition coefficient (Wildman–Crippen LogP) is 4.76. The van der Waals surface area contributed by atoms with Crippen LogP contribution in [0.3, 0.4) is 0 Å². The minimum Gasteiger partial charge on any atom is -0.292 e. The average Bonchev–Trinajstić information content (AvgIpc) is 2.46. The Balaban J connectivity index is 0.00000100. The molecule has 0 radical (unpaired) electrons. The second-order valence-electron chi connectivity index (χ2n) is 9.13. The molecule has 136 valence electrons. The highest BCUT2D eigenvalue weighted by atomic mass is 15.4. The van der Waals surface area contributed by atoms with Crippen LogP contribution in [-0.4, -0.2) is 46.1 Å². The number of benzene rings is 1. The van der Waals surface area contributed by atoms with Crippen LogP contribution >= 0.6 is 0 Å². The van der Waals surface area contributed by atoms with Gasteiger partial charge in [-0.1, -0.05) is 38.1 Å². The van der Waals surface area contributed by atoms with E-state index in [0.29, 0.717) is 12.1 Å². The normalized spacial score (nSPS) is 25.3. The first-order valence-corrected chi connectivity index (χ1v) is 9.76. The monoisotopic (exact) mass is 330 g/mol.